The summed E-state index contributed by atoms with van der Waals surface area (Å²) in [7, 11) is 0. The monoisotopic (exact) mass is 388 g/mol. The molecule has 0 saturated heterocycles. The van der Waals surface area contributed by atoms with Crippen molar-refractivity contribution in [2.24, 2.45) is 0 Å². The molecular weight excluding hydrogens is 371 g/mol. The zero-order valence-corrected chi connectivity index (χ0v) is 16.0. The minimum atomic E-state index is -0.376. The lowest BCUT2D eigenvalue weighted by atomic mass is 10.1. The first-order valence-electron chi connectivity index (χ1n) is 8.80. The largest absolute Gasteiger partial charge is 0.298 e. The van der Waals surface area contributed by atoms with Gasteiger partial charge < -0.3 is 0 Å². The van der Waals surface area contributed by atoms with Crippen molar-refractivity contribution < 1.29 is 9.18 Å². The zero-order chi connectivity index (χ0) is 19.5. The Hall–Kier alpha value is -3.31. The summed E-state index contributed by atoms with van der Waals surface area (Å²) < 4.78 is 13.1. The smallest absolute Gasteiger partial charge is 0.257 e. The second kappa shape index (κ2) is 7.74. The molecule has 0 aliphatic rings. The van der Waals surface area contributed by atoms with Crippen LogP contribution in [0.3, 0.4) is 0 Å². The Morgan fingerprint density at radius 2 is 1.57 bits per heavy atom. The molecule has 5 heteroatoms. The standard InChI is InChI=1S/C23H17FN2OS/c1-15-7-9-17(10-8-15)21-20(16-5-3-2-4-6-16)25-23(28-21)26-22(27)18-11-13-19(24)14-12-18/h2-14H,1H3,(H,25,26,27). The summed E-state index contributed by atoms with van der Waals surface area (Å²) in [5.74, 6) is -0.692. The van der Waals surface area contributed by atoms with E-state index < -0.39 is 0 Å². The number of aryl methyl sites for hydroxylation is 1. The van der Waals surface area contributed by atoms with Gasteiger partial charge in [0.25, 0.3) is 5.91 Å². The van der Waals surface area contributed by atoms with E-state index in [1.807, 2.05) is 37.3 Å². The highest BCUT2D eigenvalue weighted by molar-refractivity contribution is 7.19. The fraction of sp³-hybridized carbons (Fsp3) is 0.0435. The lowest BCUT2D eigenvalue weighted by molar-refractivity contribution is 0.102. The fourth-order valence-corrected chi connectivity index (χ4v) is 3.82. The Morgan fingerprint density at radius 3 is 2.25 bits per heavy atom. The Morgan fingerprint density at radius 1 is 0.893 bits per heavy atom. The lowest BCUT2D eigenvalue weighted by Gasteiger charge is -2.03. The minimum absolute atomic E-state index is 0.316. The average Bonchev–Trinajstić information content (AvgIpc) is 3.13. The molecule has 1 N–H and O–H groups in total. The van der Waals surface area contributed by atoms with Crippen molar-refractivity contribution in [1.82, 2.24) is 4.98 Å². The number of halogens is 1. The van der Waals surface area contributed by atoms with Gasteiger partial charge in [-0.3, -0.25) is 10.1 Å². The summed E-state index contributed by atoms with van der Waals surface area (Å²) in [6.07, 6.45) is 0. The number of hydrogen-bond donors (Lipinski definition) is 1. The first-order valence-corrected chi connectivity index (χ1v) is 9.62. The van der Waals surface area contributed by atoms with Gasteiger partial charge in [-0.15, -0.1) is 0 Å². The van der Waals surface area contributed by atoms with Crippen LogP contribution in [0.5, 0.6) is 0 Å². The maximum Gasteiger partial charge on any atom is 0.257 e. The summed E-state index contributed by atoms with van der Waals surface area (Å²) in [6, 6.07) is 23.6. The van der Waals surface area contributed by atoms with Crippen LogP contribution in [0.15, 0.2) is 78.9 Å². The molecule has 0 fully saturated rings. The van der Waals surface area contributed by atoms with Gasteiger partial charge in [0, 0.05) is 11.1 Å². The van der Waals surface area contributed by atoms with E-state index in [-0.39, 0.29) is 11.7 Å². The molecule has 0 aliphatic heterocycles. The topological polar surface area (TPSA) is 42.0 Å². The van der Waals surface area contributed by atoms with E-state index in [2.05, 4.69) is 34.6 Å². The SMILES string of the molecule is Cc1ccc(-c2sc(NC(=O)c3ccc(F)cc3)nc2-c2ccccc2)cc1. The molecule has 0 unspecified atom stereocenters. The number of carbonyl (C=O) groups excluding carboxylic acids is 1. The number of carbonyl (C=O) groups is 1. The van der Waals surface area contributed by atoms with Crippen LogP contribution in [0, 0.1) is 12.7 Å². The van der Waals surface area contributed by atoms with Crippen LogP contribution in [0.2, 0.25) is 0 Å². The van der Waals surface area contributed by atoms with Crippen LogP contribution in [0.1, 0.15) is 15.9 Å². The second-order valence-corrected chi connectivity index (χ2v) is 7.39. The lowest BCUT2D eigenvalue weighted by Crippen LogP contribution is -2.11. The van der Waals surface area contributed by atoms with Gasteiger partial charge in [-0.1, -0.05) is 71.5 Å². The molecule has 28 heavy (non-hydrogen) atoms. The van der Waals surface area contributed by atoms with Gasteiger partial charge in [0.05, 0.1) is 10.6 Å². The molecule has 1 heterocycles. The first kappa shape index (κ1) is 18.1. The number of nitrogens with zero attached hydrogens (tertiary/aromatic N) is 1. The van der Waals surface area contributed by atoms with E-state index >= 15 is 0 Å². The van der Waals surface area contributed by atoms with Gasteiger partial charge >= 0.3 is 0 Å². The second-order valence-electron chi connectivity index (χ2n) is 6.39. The van der Waals surface area contributed by atoms with E-state index in [0.717, 1.165) is 21.7 Å². The third-order valence-corrected chi connectivity index (χ3v) is 5.33. The number of aromatic nitrogens is 1. The molecule has 0 atom stereocenters. The maximum absolute atomic E-state index is 13.1. The molecule has 4 aromatic rings. The molecule has 3 nitrogen and oxygen atoms in total. The molecule has 0 saturated carbocycles. The number of amides is 1. The minimum Gasteiger partial charge on any atom is -0.298 e. The van der Waals surface area contributed by atoms with Gasteiger partial charge in [-0.05, 0) is 36.8 Å². The highest BCUT2D eigenvalue weighted by Crippen LogP contribution is 2.39. The van der Waals surface area contributed by atoms with Gasteiger partial charge in [-0.2, -0.15) is 0 Å². The number of benzene rings is 3. The van der Waals surface area contributed by atoms with E-state index in [1.165, 1.54) is 41.2 Å². The van der Waals surface area contributed by atoms with Gasteiger partial charge in [0.2, 0.25) is 0 Å². The number of thiazole rings is 1. The van der Waals surface area contributed by atoms with E-state index in [9.17, 15) is 9.18 Å². The van der Waals surface area contributed by atoms with E-state index in [4.69, 9.17) is 0 Å². The predicted molar refractivity (Wildman–Crippen MR) is 112 cm³/mol. The van der Waals surface area contributed by atoms with Crippen LogP contribution in [0.4, 0.5) is 9.52 Å². The van der Waals surface area contributed by atoms with Crippen LogP contribution >= 0.6 is 11.3 Å². The Balaban J connectivity index is 1.71. The molecule has 4 rings (SSSR count). The predicted octanol–water partition coefficient (Wildman–Crippen LogP) is 6.18. The number of hydrogen-bond acceptors (Lipinski definition) is 3. The summed E-state index contributed by atoms with van der Waals surface area (Å²) in [6.45, 7) is 2.04. The van der Waals surface area contributed by atoms with Crippen LogP contribution in [0.25, 0.3) is 21.7 Å². The van der Waals surface area contributed by atoms with Crippen molar-refractivity contribution in [2.45, 2.75) is 6.92 Å². The molecule has 0 spiro atoms. The number of nitrogens with one attached hydrogen (secondary N) is 1. The normalized spacial score (nSPS) is 10.6. The van der Waals surface area contributed by atoms with E-state index in [0.29, 0.717) is 10.7 Å². The summed E-state index contributed by atoms with van der Waals surface area (Å²) in [5, 5.41) is 3.34. The highest BCUT2D eigenvalue weighted by atomic mass is 32.1. The van der Waals surface area contributed by atoms with Crippen molar-refractivity contribution in [1.29, 1.82) is 0 Å². The average molecular weight is 388 g/mol. The highest BCUT2D eigenvalue weighted by Gasteiger charge is 2.17. The van der Waals surface area contributed by atoms with Crippen molar-refractivity contribution in [2.75, 3.05) is 5.32 Å². The zero-order valence-electron chi connectivity index (χ0n) is 15.1. The summed E-state index contributed by atoms with van der Waals surface area (Å²) in [5.41, 5.74) is 4.42. The van der Waals surface area contributed by atoms with Crippen molar-refractivity contribution in [3.63, 3.8) is 0 Å². The third-order valence-electron chi connectivity index (χ3n) is 4.32. The van der Waals surface area contributed by atoms with Crippen molar-refractivity contribution in [3.05, 3.63) is 95.8 Å². The Kier molecular flexibility index (Phi) is 5.00. The maximum atomic E-state index is 13.1. The Labute approximate surface area is 166 Å². The van der Waals surface area contributed by atoms with Gasteiger partial charge in [0.1, 0.15) is 5.82 Å². The van der Waals surface area contributed by atoms with Crippen LogP contribution in [-0.2, 0) is 0 Å². The summed E-state index contributed by atoms with van der Waals surface area (Å²) in [4.78, 5) is 18.2. The quantitative estimate of drug-likeness (QED) is 0.454. The number of rotatable bonds is 4. The fourth-order valence-electron chi connectivity index (χ4n) is 2.84. The molecule has 0 bridgehead atoms. The molecule has 1 amide bonds. The molecular formula is C23H17FN2OS. The number of anilines is 1. The summed E-state index contributed by atoms with van der Waals surface area (Å²) >= 11 is 1.42. The van der Waals surface area contributed by atoms with E-state index in [1.54, 1.807) is 0 Å². The molecule has 3 aromatic carbocycles. The van der Waals surface area contributed by atoms with Gasteiger partial charge in [0.15, 0.2) is 5.13 Å². The molecule has 138 valence electrons. The Bertz CT molecular complexity index is 1100. The third kappa shape index (κ3) is 3.85. The molecule has 0 aliphatic carbocycles. The first-order chi connectivity index (χ1) is 13.6. The van der Waals surface area contributed by atoms with Crippen molar-refractivity contribution >= 4 is 22.4 Å². The molecule has 1 aromatic heterocycles. The van der Waals surface area contributed by atoms with Crippen LogP contribution in [-0.4, -0.2) is 10.9 Å². The van der Waals surface area contributed by atoms with Gasteiger partial charge in [-0.25, -0.2) is 9.37 Å². The van der Waals surface area contributed by atoms with Crippen LogP contribution < -0.4 is 5.32 Å². The van der Waals surface area contributed by atoms with Crippen molar-refractivity contribution in [3.8, 4) is 21.7 Å². The molecule has 0 radical (unpaired) electrons.